The van der Waals surface area contributed by atoms with Crippen molar-refractivity contribution in [3.8, 4) is 5.75 Å². The number of carbonyl (C=O) groups is 2. The van der Waals surface area contributed by atoms with Gasteiger partial charge >= 0.3 is 0 Å². The Bertz CT molecular complexity index is 1360. The second kappa shape index (κ2) is 8.55. The van der Waals surface area contributed by atoms with Crippen LogP contribution in [0, 0.1) is 0 Å². The summed E-state index contributed by atoms with van der Waals surface area (Å²) in [6.07, 6.45) is 4.05. The van der Waals surface area contributed by atoms with Gasteiger partial charge in [-0.1, -0.05) is 12.1 Å². The largest absolute Gasteiger partial charge is 0.503 e. The maximum Gasteiger partial charge on any atom is 0.290 e. The summed E-state index contributed by atoms with van der Waals surface area (Å²) in [6.45, 7) is 0.301. The highest BCUT2D eigenvalue weighted by atomic mass is 32.1. The highest BCUT2D eigenvalue weighted by Gasteiger charge is 2.44. The molecule has 0 spiro atoms. The molecule has 8 heteroatoms. The Morgan fingerprint density at radius 2 is 2.12 bits per heavy atom. The molecule has 1 aliphatic rings. The van der Waals surface area contributed by atoms with E-state index in [9.17, 15) is 14.7 Å². The van der Waals surface area contributed by atoms with E-state index in [1.54, 1.807) is 49.0 Å². The van der Waals surface area contributed by atoms with Gasteiger partial charge in [0, 0.05) is 29.8 Å². The van der Waals surface area contributed by atoms with Crippen molar-refractivity contribution in [2.24, 2.45) is 0 Å². The van der Waals surface area contributed by atoms with Crippen LogP contribution in [-0.4, -0.2) is 45.3 Å². The van der Waals surface area contributed by atoms with E-state index in [1.807, 2.05) is 24.4 Å². The van der Waals surface area contributed by atoms with Crippen LogP contribution in [0.1, 0.15) is 27.0 Å². The van der Waals surface area contributed by atoms with Gasteiger partial charge in [-0.25, -0.2) is 0 Å². The van der Waals surface area contributed by atoms with Gasteiger partial charge in [-0.15, -0.1) is 11.3 Å². The number of nitrogens with zero attached hydrogens (tertiary/aromatic N) is 2. The molecule has 1 atom stereocenters. The van der Waals surface area contributed by atoms with Crippen LogP contribution in [0.4, 0.5) is 0 Å². The fourth-order valence-electron chi connectivity index (χ4n) is 4.23. The normalized spacial score (nSPS) is 16.1. The number of methoxy groups -OCH3 is 1. The highest BCUT2D eigenvalue weighted by Crippen LogP contribution is 2.39. The predicted molar refractivity (Wildman–Crippen MR) is 126 cm³/mol. The molecule has 4 aromatic rings. The lowest BCUT2D eigenvalue weighted by atomic mass is 9.98. The lowest BCUT2D eigenvalue weighted by Crippen LogP contribution is -2.33. The Balaban J connectivity index is 1.49. The fraction of sp³-hybridized carbons (Fsp3) is 0.160. The third kappa shape index (κ3) is 3.68. The number of carbonyl (C=O) groups excluding carboxylic acids is 2. The molecule has 5 rings (SSSR count). The van der Waals surface area contributed by atoms with Gasteiger partial charge in [0.2, 0.25) is 5.78 Å². The number of hydrogen-bond acceptors (Lipinski definition) is 6. The van der Waals surface area contributed by atoms with Crippen molar-refractivity contribution in [3.63, 3.8) is 0 Å². The monoisotopic (exact) mass is 459 g/mol. The van der Waals surface area contributed by atoms with Crippen LogP contribution < -0.4 is 4.74 Å². The smallest absolute Gasteiger partial charge is 0.290 e. The average Bonchev–Trinajstić information content (AvgIpc) is 3.57. The molecule has 0 fully saturated rings. The Hall–Kier alpha value is -3.91. The van der Waals surface area contributed by atoms with Crippen molar-refractivity contribution in [3.05, 3.63) is 93.8 Å². The van der Waals surface area contributed by atoms with E-state index in [-0.39, 0.29) is 11.4 Å². The molecule has 1 aromatic carbocycles. The molecule has 33 heavy (non-hydrogen) atoms. The summed E-state index contributed by atoms with van der Waals surface area (Å²) in [5.41, 5.74) is 2.58. The van der Waals surface area contributed by atoms with E-state index in [2.05, 4.69) is 9.97 Å². The van der Waals surface area contributed by atoms with Crippen LogP contribution in [0.15, 0.2) is 77.6 Å². The summed E-state index contributed by atoms with van der Waals surface area (Å²) < 4.78 is 5.34. The number of benzene rings is 1. The van der Waals surface area contributed by atoms with Gasteiger partial charge in [0.15, 0.2) is 5.76 Å². The number of ether oxygens (including phenoxy) is 1. The average molecular weight is 460 g/mol. The van der Waals surface area contributed by atoms with Crippen LogP contribution in [0.5, 0.6) is 5.75 Å². The number of ketones is 1. The number of H-pyrrole nitrogens is 1. The number of Topliss-reactive ketones (excluding diaryl/α,β-unsaturated/α-hetero) is 1. The molecular formula is C25H21N3O4S. The lowest BCUT2D eigenvalue weighted by Gasteiger charge is -2.26. The van der Waals surface area contributed by atoms with Crippen molar-refractivity contribution in [2.45, 2.75) is 12.5 Å². The quantitative estimate of drug-likeness (QED) is 0.398. The first-order chi connectivity index (χ1) is 16.1. The molecule has 0 radical (unpaired) electrons. The van der Waals surface area contributed by atoms with E-state index in [0.29, 0.717) is 23.5 Å². The van der Waals surface area contributed by atoms with E-state index in [1.165, 1.54) is 16.2 Å². The number of rotatable bonds is 7. The minimum Gasteiger partial charge on any atom is -0.503 e. The summed E-state index contributed by atoms with van der Waals surface area (Å²) in [5.74, 6) is -0.687. The van der Waals surface area contributed by atoms with Gasteiger partial charge in [0.1, 0.15) is 11.8 Å². The van der Waals surface area contributed by atoms with Gasteiger partial charge in [0.05, 0.1) is 23.3 Å². The van der Waals surface area contributed by atoms with Crippen molar-refractivity contribution >= 4 is 33.9 Å². The maximum absolute atomic E-state index is 13.2. The fourth-order valence-corrected chi connectivity index (χ4v) is 4.91. The molecule has 1 amide bonds. The van der Waals surface area contributed by atoms with Gasteiger partial charge < -0.3 is 19.7 Å². The second-order valence-electron chi connectivity index (χ2n) is 7.70. The molecule has 2 N–H and O–H groups in total. The van der Waals surface area contributed by atoms with Crippen molar-refractivity contribution in [2.75, 3.05) is 13.7 Å². The Labute approximate surface area is 194 Å². The standard InChI is InChI=1S/C25H21N3O4S/c1-32-16-7-8-18-17(13-16)15(14-27-18)9-11-28-22(19-5-2-3-10-26-19)21(24(30)25(28)31)23(29)20-6-4-12-33-20/h2-8,10,12-14,22,27,30H,9,11H2,1H3/t22-/m1/s1. The number of pyridine rings is 1. The zero-order chi connectivity index (χ0) is 22.9. The van der Waals surface area contributed by atoms with E-state index >= 15 is 0 Å². The molecular weight excluding hydrogens is 438 g/mol. The van der Waals surface area contributed by atoms with Crippen LogP contribution >= 0.6 is 11.3 Å². The van der Waals surface area contributed by atoms with Crippen LogP contribution in [0.3, 0.4) is 0 Å². The third-order valence-electron chi connectivity index (χ3n) is 5.86. The summed E-state index contributed by atoms with van der Waals surface area (Å²) in [7, 11) is 1.62. The zero-order valence-electron chi connectivity index (χ0n) is 17.8. The molecule has 166 valence electrons. The van der Waals surface area contributed by atoms with E-state index in [4.69, 9.17) is 4.74 Å². The highest BCUT2D eigenvalue weighted by molar-refractivity contribution is 7.12. The number of aromatic amines is 1. The molecule has 1 aliphatic heterocycles. The van der Waals surface area contributed by atoms with Crippen LogP contribution in [0.25, 0.3) is 10.9 Å². The van der Waals surface area contributed by atoms with Gasteiger partial charge in [0.25, 0.3) is 5.91 Å². The molecule has 4 heterocycles. The molecule has 0 saturated heterocycles. The number of aliphatic hydroxyl groups excluding tert-OH is 1. The predicted octanol–water partition coefficient (Wildman–Crippen LogP) is 4.45. The molecule has 0 bridgehead atoms. The van der Waals surface area contributed by atoms with E-state index in [0.717, 1.165) is 22.2 Å². The Morgan fingerprint density at radius 1 is 1.24 bits per heavy atom. The second-order valence-corrected chi connectivity index (χ2v) is 8.65. The van der Waals surface area contributed by atoms with Crippen molar-refractivity contribution in [1.82, 2.24) is 14.9 Å². The first kappa shape index (κ1) is 21.0. The topological polar surface area (TPSA) is 95.5 Å². The number of aliphatic hydroxyl groups is 1. The van der Waals surface area contributed by atoms with E-state index < -0.39 is 17.7 Å². The number of thiophene rings is 1. The van der Waals surface area contributed by atoms with Gasteiger partial charge in [-0.05, 0) is 53.8 Å². The summed E-state index contributed by atoms with van der Waals surface area (Å²) in [5, 5.41) is 13.5. The van der Waals surface area contributed by atoms with Crippen LogP contribution in [-0.2, 0) is 11.2 Å². The number of fused-ring (bicyclic) bond motifs is 1. The SMILES string of the molecule is COc1ccc2[nH]cc(CCN3C(=O)C(O)=C(C(=O)c4cccs4)[C@H]3c3ccccn3)c2c1. The lowest BCUT2D eigenvalue weighted by molar-refractivity contribution is -0.129. The molecule has 0 saturated carbocycles. The Morgan fingerprint density at radius 3 is 2.85 bits per heavy atom. The molecule has 7 nitrogen and oxygen atoms in total. The summed E-state index contributed by atoms with van der Waals surface area (Å²) >= 11 is 1.27. The number of hydrogen-bond donors (Lipinski definition) is 2. The molecule has 0 unspecified atom stereocenters. The minimum atomic E-state index is -0.756. The van der Waals surface area contributed by atoms with Gasteiger partial charge in [-0.3, -0.25) is 14.6 Å². The number of aromatic nitrogens is 2. The maximum atomic E-state index is 13.2. The molecule has 0 aliphatic carbocycles. The molecule has 3 aromatic heterocycles. The number of nitrogens with one attached hydrogen (secondary N) is 1. The van der Waals surface area contributed by atoms with Crippen LogP contribution in [0.2, 0.25) is 0 Å². The first-order valence-corrected chi connectivity index (χ1v) is 11.3. The Kier molecular flexibility index (Phi) is 5.43. The summed E-state index contributed by atoms with van der Waals surface area (Å²) in [4.78, 5) is 36.0. The first-order valence-electron chi connectivity index (χ1n) is 10.5. The zero-order valence-corrected chi connectivity index (χ0v) is 18.6. The number of amides is 1. The van der Waals surface area contributed by atoms with Crippen molar-refractivity contribution in [1.29, 1.82) is 0 Å². The third-order valence-corrected chi connectivity index (χ3v) is 6.73. The van der Waals surface area contributed by atoms with Crippen molar-refractivity contribution < 1.29 is 19.4 Å². The minimum absolute atomic E-state index is 0.0711. The van der Waals surface area contributed by atoms with Gasteiger partial charge in [-0.2, -0.15) is 0 Å². The summed E-state index contributed by atoms with van der Waals surface area (Å²) in [6, 6.07) is 13.8.